The highest BCUT2D eigenvalue weighted by Gasteiger charge is 2.39. The van der Waals surface area contributed by atoms with E-state index < -0.39 is 33.9 Å². The molecule has 1 heterocycles. The number of ether oxygens (including phenoxy) is 1. The Morgan fingerprint density at radius 2 is 1.41 bits per heavy atom. The topological polar surface area (TPSA) is 95.9 Å². The number of anilines is 1. The van der Waals surface area contributed by atoms with E-state index in [1.807, 2.05) is 120 Å². The lowest BCUT2D eigenvalue weighted by molar-refractivity contribution is -0.160. The van der Waals surface area contributed by atoms with Crippen LogP contribution in [0, 0.1) is 20.8 Å². The average molecular weight is 613 g/mol. The number of hydrogen-bond acceptors (Lipinski definition) is 4. The van der Waals surface area contributed by atoms with Crippen LogP contribution >= 0.6 is 0 Å². The van der Waals surface area contributed by atoms with Crippen molar-refractivity contribution in [1.82, 2.24) is 4.31 Å². The molecule has 1 aliphatic heterocycles. The van der Waals surface area contributed by atoms with Crippen LogP contribution in [0.5, 0.6) is 0 Å². The van der Waals surface area contributed by atoms with Crippen molar-refractivity contribution in [3.63, 3.8) is 0 Å². The standard InChI is InChI=1S/C36H40N2O5S/c1-23-17-19-26(20-18-23)30-24(2)29-21-22-38(33(27-13-9-7-10-14-27)28-15-11-8-12-16-28)44(41,42)37-32(29)25(3)31(30)34(35(39)40)43-36(4,5)6/h7-20,33-34,37H,21-22H2,1-6H3,(H,39,40)/t34-/m0/s1. The fourth-order valence-corrected chi connectivity index (χ4v) is 7.64. The smallest absolute Gasteiger partial charge is 0.337 e. The van der Waals surface area contributed by atoms with Gasteiger partial charge in [-0.3, -0.25) is 4.72 Å². The molecule has 1 atom stereocenters. The van der Waals surface area contributed by atoms with Crippen LogP contribution in [-0.2, 0) is 26.2 Å². The number of carboxylic acids is 1. The molecule has 0 aliphatic carbocycles. The maximum Gasteiger partial charge on any atom is 0.337 e. The SMILES string of the molecule is Cc1ccc(-c2c(C)c3c(c(C)c2[C@H](OC(C)(C)C)C(=O)O)NS(=O)(=O)N(C(c2ccccc2)c2ccccc2)CC3)cc1. The van der Waals surface area contributed by atoms with Gasteiger partial charge in [-0.2, -0.15) is 12.7 Å². The third kappa shape index (κ3) is 6.29. The van der Waals surface area contributed by atoms with Crippen molar-refractivity contribution >= 4 is 21.9 Å². The Morgan fingerprint density at radius 3 is 1.91 bits per heavy atom. The summed E-state index contributed by atoms with van der Waals surface area (Å²) < 4.78 is 39.2. The molecule has 0 aromatic heterocycles. The first-order valence-electron chi connectivity index (χ1n) is 14.8. The molecular weight excluding hydrogens is 572 g/mol. The van der Waals surface area contributed by atoms with Gasteiger partial charge in [-0.05, 0) is 86.9 Å². The van der Waals surface area contributed by atoms with Gasteiger partial charge < -0.3 is 9.84 Å². The molecule has 0 saturated heterocycles. The molecule has 5 rings (SSSR count). The van der Waals surface area contributed by atoms with Gasteiger partial charge in [0, 0.05) is 12.1 Å². The average Bonchev–Trinajstić information content (AvgIpc) is 3.11. The Balaban J connectivity index is 1.73. The number of benzene rings is 4. The fraction of sp³-hybridized carbons (Fsp3) is 0.306. The van der Waals surface area contributed by atoms with E-state index in [-0.39, 0.29) is 6.54 Å². The predicted octanol–water partition coefficient (Wildman–Crippen LogP) is 7.52. The van der Waals surface area contributed by atoms with Crippen molar-refractivity contribution in [2.75, 3.05) is 11.3 Å². The van der Waals surface area contributed by atoms with Crippen LogP contribution in [0.2, 0.25) is 0 Å². The van der Waals surface area contributed by atoms with Crippen molar-refractivity contribution in [2.45, 2.75) is 65.7 Å². The summed E-state index contributed by atoms with van der Waals surface area (Å²) in [6, 6.07) is 26.6. The van der Waals surface area contributed by atoms with Gasteiger partial charge in [-0.25, -0.2) is 4.79 Å². The number of carboxylic acid groups (broad SMARTS) is 1. The molecule has 8 heteroatoms. The molecule has 4 aromatic carbocycles. The summed E-state index contributed by atoms with van der Waals surface area (Å²) in [7, 11) is -4.09. The van der Waals surface area contributed by atoms with Gasteiger partial charge >= 0.3 is 16.2 Å². The zero-order valence-electron chi connectivity index (χ0n) is 26.1. The lowest BCUT2D eigenvalue weighted by atomic mass is 9.83. The molecular formula is C36H40N2O5S. The normalized spacial score (nSPS) is 15.7. The van der Waals surface area contributed by atoms with Crippen LogP contribution < -0.4 is 4.72 Å². The summed E-state index contributed by atoms with van der Waals surface area (Å²) in [5, 5.41) is 10.5. The van der Waals surface area contributed by atoms with Crippen LogP contribution in [0.15, 0.2) is 84.9 Å². The van der Waals surface area contributed by atoms with Crippen LogP contribution in [0.1, 0.15) is 71.9 Å². The maximum absolute atomic E-state index is 14.3. The number of aliphatic carboxylic acids is 1. The first-order chi connectivity index (χ1) is 20.8. The van der Waals surface area contributed by atoms with E-state index in [2.05, 4.69) is 4.72 Å². The number of fused-ring (bicyclic) bond motifs is 1. The predicted molar refractivity (Wildman–Crippen MR) is 175 cm³/mol. The van der Waals surface area contributed by atoms with Crippen molar-refractivity contribution in [3.05, 3.63) is 124 Å². The summed E-state index contributed by atoms with van der Waals surface area (Å²) in [5.41, 5.74) is 6.71. The maximum atomic E-state index is 14.3. The van der Waals surface area contributed by atoms with Gasteiger partial charge in [0.25, 0.3) is 0 Å². The van der Waals surface area contributed by atoms with Gasteiger partial charge in [0.1, 0.15) is 0 Å². The van der Waals surface area contributed by atoms with Crippen molar-refractivity contribution < 1.29 is 23.1 Å². The summed E-state index contributed by atoms with van der Waals surface area (Å²) in [6.07, 6.45) is -0.887. The second-order valence-electron chi connectivity index (χ2n) is 12.4. The second-order valence-corrected chi connectivity index (χ2v) is 14.0. The number of carbonyl (C=O) groups is 1. The van der Waals surface area contributed by atoms with Gasteiger partial charge in [-0.1, -0.05) is 90.5 Å². The van der Waals surface area contributed by atoms with Crippen molar-refractivity contribution in [3.8, 4) is 11.1 Å². The number of nitrogens with one attached hydrogen (secondary N) is 1. The molecule has 0 spiro atoms. The number of aryl methyl sites for hydroxylation is 1. The largest absolute Gasteiger partial charge is 0.479 e. The molecule has 0 unspecified atom stereocenters. The van der Waals surface area contributed by atoms with E-state index in [0.29, 0.717) is 23.2 Å². The first-order valence-corrected chi connectivity index (χ1v) is 16.3. The molecule has 7 nitrogen and oxygen atoms in total. The highest BCUT2D eigenvalue weighted by atomic mass is 32.2. The minimum Gasteiger partial charge on any atom is -0.479 e. The van der Waals surface area contributed by atoms with Crippen LogP contribution in [-0.4, -0.2) is 35.9 Å². The Labute approximate surface area is 260 Å². The first kappa shape index (κ1) is 31.4. The molecule has 0 fully saturated rings. The Bertz CT molecular complexity index is 1720. The quantitative estimate of drug-likeness (QED) is 0.225. The molecule has 44 heavy (non-hydrogen) atoms. The van der Waals surface area contributed by atoms with Crippen molar-refractivity contribution in [1.29, 1.82) is 0 Å². The minimum absolute atomic E-state index is 0.227. The monoisotopic (exact) mass is 612 g/mol. The van der Waals surface area contributed by atoms with E-state index in [4.69, 9.17) is 4.74 Å². The summed E-state index contributed by atoms with van der Waals surface area (Å²) in [5.74, 6) is -1.14. The summed E-state index contributed by atoms with van der Waals surface area (Å²) in [4.78, 5) is 12.8. The lowest BCUT2D eigenvalue weighted by Crippen LogP contribution is -2.39. The van der Waals surface area contributed by atoms with E-state index >= 15 is 0 Å². The molecule has 0 amide bonds. The molecule has 0 saturated carbocycles. The Kier molecular flexibility index (Phi) is 8.71. The van der Waals surface area contributed by atoms with Gasteiger partial charge in [0.05, 0.1) is 17.3 Å². The Hall–Kier alpha value is -3.98. The van der Waals surface area contributed by atoms with Crippen molar-refractivity contribution in [2.24, 2.45) is 0 Å². The van der Waals surface area contributed by atoms with Gasteiger partial charge in [-0.15, -0.1) is 0 Å². The molecule has 2 N–H and O–H groups in total. The molecule has 0 bridgehead atoms. The molecule has 230 valence electrons. The zero-order valence-corrected chi connectivity index (χ0v) is 26.9. The second kappa shape index (κ2) is 12.2. The molecule has 0 radical (unpaired) electrons. The highest BCUT2D eigenvalue weighted by molar-refractivity contribution is 7.90. The lowest BCUT2D eigenvalue weighted by Gasteiger charge is -2.31. The fourth-order valence-electron chi connectivity index (χ4n) is 6.14. The Morgan fingerprint density at radius 1 is 0.864 bits per heavy atom. The molecule has 4 aromatic rings. The summed E-state index contributed by atoms with van der Waals surface area (Å²) in [6.45, 7) is 11.4. The summed E-state index contributed by atoms with van der Waals surface area (Å²) >= 11 is 0. The number of nitrogens with zero attached hydrogens (tertiary/aromatic N) is 1. The van der Waals surface area contributed by atoms with E-state index in [9.17, 15) is 18.3 Å². The van der Waals surface area contributed by atoms with E-state index in [1.54, 1.807) is 6.92 Å². The van der Waals surface area contributed by atoms with E-state index in [0.717, 1.165) is 38.9 Å². The third-order valence-electron chi connectivity index (χ3n) is 8.12. The van der Waals surface area contributed by atoms with E-state index in [1.165, 1.54) is 4.31 Å². The number of hydrogen-bond donors (Lipinski definition) is 2. The molecule has 1 aliphatic rings. The van der Waals surface area contributed by atoms with Crippen LogP contribution in [0.3, 0.4) is 0 Å². The number of rotatable bonds is 7. The minimum atomic E-state index is -4.09. The van der Waals surface area contributed by atoms with Gasteiger partial charge in [0.2, 0.25) is 0 Å². The third-order valence-corrected chi connectivity index (χ3v) is 9.59. The van der Waals surface area contributed by atoms with Crippen LogP contribution in [0.25, 0.3) is 11.1 Å². The van der Waals surface area contributed by atoms with Crippen LogP contribution in [0.4, 0.5) is 5.69 Å². The highest BCUT2D eigenvalue weighted by Crippen LogP contribution is 2.45. The zero-order chi connectivity index (χ0) is 31.8. The van der Waals surface area contributed by atoms with Gasteiger partial charge in [0.15, 0.2) is 6.10 Å².